The normalized spacial score (nSPS) is 13.1. The number of amides is 1. The summed E-state index contributed by atoms with van der Waals surface area (Å²) in [6.45, 7) is 6.57. The summed E-state index contributed by atoms with van der Waals surface area (Å²) >= 11 is 1.65. The van der Waals surface area contributed by atoms with Crippen molar-refractivity contribution in [2.75, 3.05) is 6.61 Å². The lowest BCUT2D eigenvalue weighted by atomic mass is 10.1. The first-order chi connectivity index (χ1) is 11.6. The minimum Gasteiger partial charge on any atom is -0.494 e. The van der Waals surface area contributed by atoms with Crippen molar-refractivity contribution >= 4 is 17.7 Å². The number of nitrogens with one attached hydrogen (secondary N) is 1. The first kappa shape index (κ1) is 18.4. The van der Waals surface area contributed by atoms with Crippen LogP contribution in [0.15, 0.2) is 54.6 Å². The molecular weight excluding hydrogens is 318 g/mol. The molecule has 3 nitrogen and oxygen atoms in total. The lowest BCUT2D eigenvalue weighted by Crippen LogP contribution is -2.33. The van der Waals surface area contributed by atoms with E-state index in [9.17, 15) is 4.79 Å². The van der Waals surface area contributed by atoms with Crippen LogP contribution < -0.4 is 10.1 Å². The van der Waals surface area contributed by atoms with E-state index < -0.39 is 0 Å². The van der Waals surface area contributed by atoms with E-state index in [2.05, 4.69) is 17.4 Å². The maximum absolute atomic E-state index is 12.4. The Hall–Kier alpha value is -1.94. The van der Waals surface area contributed by atoms with Gasteiger partial charge < -0.3 is 10.1 Å². The van der Waals surface area contributed by atoms with Crippen LogP contribution >= 0.6 is 11.8 Å². The molecule has 0 heterocycles. The third-order valence-electron chi connectivity index (χ3n) is 3.76. The Labute approximate surface area is 148 Å². The minimum atomic E-state index is -0.0876. The van der Waals surface area contributed by atoms with E-state index in [1.807, 2.05) is 63.2 Å². The van der Waals surface area contributed by atoms with Crippen molar-refractivity contribution in [3.8, 4) is 5.75 Å². The third kappa shape index (κ3) is 5.60. The van der Waals surface area contributed by atoms with Gasteiger partial charge >= 0.3 is 0 Å². The molecule has 0 unspecified atom stereocenters. The summed E-state index contributed by atoms with van der Waals surface area (Å²) in [6, 6.07) is 18.1. The summed E-state index contributed by atoms with van der Waals surface area (Å²) in [5.41, 5.74) is 2.31. The van der Waals surface area contributed by atoms with Crippen LogP contribution in [0.5, 0.6) is 5.75 Å². The number of ether oxygens (including phenoxy) is 1. The van der Waals surface area contributed by atoms with E-state index in [-0.39, 0.29) is 17.2 Å². The zero-order valence-electron chi connectivity index (χ0n) is 14.5. The zero-order chi connectivity index (χ0) is 17.4. The van der Waals surface area contributed by atoms with E-state index >= 15 is 0 Å². The fourth-order valence-electron chi connectivity index (χ4n) is 2.30. The van der Waals surface area contributed by atoms with Crippen molar-refractivity contribution in [1.82, 2.24) is 5.32 Å². The molecule has 0 fully saturated rings. The molecule has 2 aromatic rings. The summed E-state index contributed by atoms with van der Waals surface area (Å²) in [5.74, 6) is 1.76. The topological polar surface area (TPSA) is 38.3 Å². The lowest BCUT2D eigenvalue weighted by Gasteiger charge is -2.18. The molecule has 2 rings (SSSR count). The summed E-state index contributed by atoms with van der Waals surface area (Å²) in [5, 5.41) is 3.00. The molecule has 2 atom stereocenters. The SMILES string of the molecule is CCOc1ccc([C@@H](C)NC(=O)[C@H](C)SCc2ccccc2)cc1. The highest BCUT2D eigenvalue weighted by Gasteiger charge is 2.16. The van der Waals surface area contributed by atoms with Gasteiger partial charge in [-0.05, 0) is 44.0 Å². The fourth-order valence-corrected chi connectivity index (χ4v) is 3.16. The molecule has 0 spiro atoms. The monoisotopic (exact) mass is 343 g/mol. The molecule has 24 heavy (non-hydrogen) atoms. The number of rotatable bonds is 8. The molecule has 1 N–H and O–H groups in total. The number of carbonyl (C=O) groups is 1. The van der Waals surface area contributed by atoms with Gasteiger partial charge in [0.15, 0.2) is 0 Å². The molecule has 4 heteroatoms. The van der Waals surface area contributed by atoms with Crippen LogP contribution in [0.25, 0.3) is 0 Å². The maximum Gasteiger partial charge on any atom is 0.233 e. The van der Waals surface area contributed by atoms with Gasteiger partial charge in [0.05, 0.1) is 17.9 Å². The number of thioether (sulfide) groups is 1. The Balaban J connectivity index is 1.83. The Morgan fingerprint density at radius 1 is 1.08 bits per heavy atom. The number of carbonyl (C=O) groups excluding carboxylic acids is 1. The lowest BCUT2D eigenvalue weighted by molar-refractivity contribution is -0.120. The highest BCUT2D eigenvalue weighted by molar-refractivity contribution is 7.99. The predicted octanol–water partition coefficient (Wildman–Crippen LogP) is 4.58. The number of benzene rings is 2. The highest BCUT2D eigenvalue weighted by Crippen LogP contribution is 2.21. The third-order valence-corrected chi connectivity index (χ3v) is 4.98. The number of hydrogen-bond donors (Lipinski definition) is 1. The molecule has 1 amide bonds. The van der Waals surface area contributed by atoms with Gasteiger partial charge in [-0.3, -0.25) is 4.79 Å². The van der Waals surface area contributed by atoms with Gasteiger partial charge in [0.2, 0.25) is 5.91 Å². The van der Waals surface area contributed by atoms with E-state index in [1.54, 1.807) is 11.8 Å². The fraction of sp³-hybridized carbons (Fsp3) is 0.350. The second-order valence-electron chi connectivity index (χ2n) is 5.67. The minimum absolute atomic E-state index is 0.0204. The Morgan fingerprint density at radius 3 is 2.38 bits per heavy atom. The summed E-state index contributed by atoms with van der Waals surface area (Å²) in [4.78, 5) is 12.4. The highest BCUT2D eigenvalue weighted by atomic mass is 32.2. The molecule has 0 bridgehead atoms. The van der Waals surface area contributed by atoms with Crippen molar-refractivity contribution in [2.45, 2.75) is 37.8 Å². The summed E-state index contributed by atoms with van der Waals surface area (Å²) in [7, 11) is 0. The summed E-state index contributed by atoms with van der Waals surface area (Å²) in [6.07, 6.45) is 0. The first-order valence-electron chi connectivity index (χ1n) is 8.28. The van der Waals surface area contributed by atoms with E-state index in [0.29, 0.717) is 6.61 Å². The molecular formula is C20H25NO2S. The van der Waals surface area contributed by atoms with Gasteiger partial charge in [0.25, 0.3) is 0 Å². The quantitative estimate of drug-likeness (QED) is 0.762. The molecule has 0 aliphatic rings. The molecule has 0 saturated heterocycles. The van der Waals surface area contributed by atoms with Crippen LogP contribution in [0.3, 0.4) is 0 Å². The number of hydrogen-bond acceptors (Lipinski definition) is 3. The zero-order valence-corrected chi connectivity index (χ0v) is 15.3. The Bertz CT molecular complexity index is 628. The first-order valence-corrected chi connectivity index (χ1v) is 9.33. The van der Waals surface area contributed by atoms with Crippen LogP contribution in [-0.2, 0) is 10.5 Å². The van der Waals surface area contributed by atoms with E-state index in [1.165, 1.54) is 5.56 Å². The molecule has 0 aromatic heterocycles. The molecule has 128 valence electrons. The van der Waals surface area contributed by atoms with Crippen LogP contribution in [0.2, 0.25) is 0 Å². The molecule has 0 aliphatic carbocycles. The van der Waals surface area contributed by atoms with E-state index in [4.69, 9.17) is 4.74 Å². The van der Waals surface area contributed by atoms with Gasteiger partial charge in [-0.2, -0.15) is 0 Å². The summed E-state index contributed by atoms with van der Waals surface area (Å²) < 4.78 is 5.44. The van der Waals surface area contributed by atoms with Crippen molar-refractivity contribution in [1.29, 1.82) is 0 Å². The molecule has 0 saturated carbocycles. The van der Waals surface area contributed by atoms with Crippen molar-refractivity contribution in [3.63, 3.8) is 0 Å². The van der Waals surface area contributed by atoms with Crippen molar-refractivity contribution in [2.24, 2.45) is 0 Å². The Morgan fingerprint density at radius 2 is 1.75 bits per heavy atom. The molecule has 0 radical (unpaired) electrons. The van der Waals surface area contributed by atoms with Gasteiger partial charge in [-0.25, -0.2) is 0 Å². The predicted molar refractivity (Wildman–Crippen MR) is 101 cm³/mol. The van der Waals surface area contributed by atoms with Gasteiger partial charge in [0.1, 0.15) is 5.75 Å². The largest absolute Gasteiger partial charge is 0.494 e. The van der Waals surface area contributed by atoms with Crippen LogP contribution in [0.1, 0.15) is 37.9 Å². The van der Waals surface area contributed by atoms with Crippen molar-refractivity contribution < 1.29 is 9.53 Å². The van der Waals surface area contributed by atoms with Crippen LogP contribution in [0, 0.1) is 0 Å². The average molecular weight is 343 g/mol. The molecule has 2 aromatic carbocycles. The van der Waals surface area contributed by atoms with Crippen LogP contribution in [-0.4, -0.2) is 17.8 Å². The smallest absolute Gasteiger partial charge is 0.233 e. The average Bonchev–Trinajstić information content (AvgIpc) is 2.61. The van der Waals surface area contributed by atoms with Gasteiger partial charge in [0, 0.05) is 5.75 Å². The second kappa shape index (κ2) is 9.38. The van der Waals surface area contributed by atoms with Gasteiger partial charge in [-0.1, -0.05) is 42.5 Å². The van der Waals surface area contributed by atoms with Crippen molar-refractivity contribution in [3.05, 3.63) is 65.7 Å². The second-order valence-corrected chi connectivity index (χ2v) is 7.00. The van der Waals surface area contributed by atoms with E-state index in [0.717, 1.165) is 17.1 Å². The molecule has 0 aliphatic heterocycles. The Kier molecular flexibility index (Phi) is 7.19. The van der Waals surface area contributed by atoms with Gasteiger partial charge in [-0.15, -0.1) is 11.8 Å². The standard InChI is InChI=1S/C20H25NO2S/c1-4-23-19-12-10-18(11-13-19)15(2)21-20(22)16(3)24-14-17-8-6-5-7-9-17/h5-13,15-16H,4,14H2,1-3H3,(H,21,22)/t15-,16+/m1/s1. The maximum atomic E-state index is 12.4. The van der Waals surface area contributed by atoms with Crippen LogP contribution in [0.4, 0.5) is 0 Å².